The molecule has 2 unspecified atom stereocenters. The van der Waals surface area contributed by atoms with Gasteiger partial charge in [0.1, 0.15) is 5.82 Å². The van der Waals surface area contributed by atoms with Crippen molar-refractivity contribution in [2.75, 3.05) is 17.7 Å². The highest BCUT2D eigenvalue weighted by Gasteiger charge is 2.32. The highest BCUT2D eigenvalue weighted by atomic mass is 19.1. The van der Waals surface area contributed by atoms with Gasteiger partial charge in [0.15, 0.2) is 0 Å². The number of nitrogens with two attached hydrogens (primary N) is 1. The fraction of sp³-hybridized carbons (Fsp3) is 0.462. The quantitative estimate of drug-likeness (QED) is 0.810. The number of amides is 1. The third-order valence-corrected chi connectivity index (χ3v) is 3.20. The number of anilines is 2. The van der Waals surface area contributed by atoms with Crippen LogP contribution >= 0.6 is 0 Å². The fourth-order valence-electron chi connectivity index (χ4n) is 2.21. The Kier molecular flexibility index (Phi) is 3.81. The summed E-state index contributed by atoms with van der Waals surface area (Å²) in [6.45, 7) is 2.56. The smallest absolute Gasteiger partial charge is 0.230 e. The van der Waals surface area contributed by atoms with Crippen molar-refractivity contribution >= 4 is 17.3 Å². The minimum Gasteiger partial charge on any atom is -0.399 e. The van der Waals surface area contributed by atoms with Crippen molar-refractivity contribution in [1.82, 2.24) is 0 Å². The molecule has 0 aliphatic carbocycles. The van der Waals surface area contributed by atoms with Crippen LogP contribution in [0.4, 0.5) is 15.8 Å². The average molecular weight is 252 g/mol. The van der Waals surface area contributed by atoms with Crippen LogP contribution in [0.2, 0.25) is 0 Å². The molecule has 1 aromatic carbocycles. The van der Waals surface area contributed by atoms with Gasteiger partial charge >= 0.3 is 0 Å². The summed E-state index contributed by atoms with van der Waals surface area (Å²) in [4.78, 5) is 12.0. The topological polar surface area (TPSA) is 64.3 Å². The third kappa shape index (κ3) is 2.61. The molecule has 98 valence electrons. The molecule has 0 spiro atoms. The predicted octanol–water partition coefficient (Wildman–Crippen LogP) is 2.16. The van der Waals surface area contributed by atoms with Gasteiger partial charge in [-0.3, -0.25) is 4.79 Å². The summed E-state index contributed by atoms with van der Waals surface area (Å²) in [7, 11) is 0. The molecule has 18 heavy (non-hydrogen) atoms. The van der Waals surface area contributed by atoms with E-state index < -0.39 is 5.82 Å². The molecule has 5 heteroatoms. The van der Waals surface area contributed by atoms with Crippen molar-refractivity contribution in [3.8, 4) is 0 Å². The molecule has 0 saturated carbocycles. The lowest BCUT2D eigenvalue weighted by atomic mass is 9.98. The first-order valence-electron chi connectivity index (χ1n) is 6.09. The van der Waals surface area contributed by atoms with Gasteiger partial charge in [0.2, 0.25) is 5.91 Å². The Morgan fingerprint density at radius 3 is 3.06 bits per heavy atom. The van der Waals surface area contributed by atoms with Crippen molar-refractivity contribution in [1.29, 1.82) is 0 Å². The van der Waals surface area contributed by atoms with Gasteiger partial charge in [-0.15, -0.1) is 0 Å². The van der Waals surface area contributed by atoms with Gasteiger partial charge in [-0.2, -0.15) is 0 Å². The summed E-state index contributed by atoms with van der Waals surface area (Å²) >= 11 is 0. The second-order valence-electron chi connectivity index (χ2n) is 4.44. The zero-order valence-corrected chi connectivity index (χ0v) is 10.3. The molecule has 1 aliphatic heterocycles. The number of halogens is 1. The molecule has 0 aromatic heterocycles. The van der Waals surface area contributed by atoms with Gasteiger partial charge in [0, 0.05) is 12.3 Å². The van der Waals surface area contributed by atoms with Crippen LogP contribution in [0.1, 0.15) is 19.8 Å². The Morgan fingerprint density at radius 2 is 2.39 bits per heavy atom. The first kappa shape index (κ1) is 12.8. The lowest BCUT2D eigenvalue weighted by Gasteiger charge is -2.16. The molecule has 1 aliphatic rings. The molecule has 2 atom stereocenters. The van der Waals surface area contributed by atoms with Crippen LogP contribution in [0, 0.1) is 11.7 Å². The first-order valence-corrected chi connectivity index (χ1v) is 6.09. The summed E-state index contributed by atoms with van der Waals surface area (Å²) in [5.74, 6) is -0.912. The van der Waals surface area contributed by atoms with E-state index in [9.17, 15) is 9.18 Å². The number of carbonyl (C=O) groups is 1. The Balaban J connectivity index is 2.07. The molecule has 1 aromatic rings. The van der Waals surface area contributed by atoms with Crippen LogP contribution in [0.5, 0.6) is 0 Å². The molecule has 3 N–H and O–H groups in total. The van der Waals surface area contributed by atoms with Crippen LogP contribution in [0.15, 0.2) is 18.2 Å². The second kappa shape index (κ2) is 5.35. The fourth-order valence-corrected chi connectivity index (χ4v) is 2.21. The van der Waals surface area contributed by atoms with E-state index >= 15 is 0 Å². The monoisotopic (exact) mass is 252 g/mol. The Hall–Kier alpha value is -1.62. The first-order chi connectivity index (χ1) is 8.61. The van der Waals surface area contributed by atoms with Crippen molar-refractivity contribution in [3.05, 3.63) is 24.0 Å². The van der Waals surface area contributed by atoms with Gasteiger partial charge in [-0.05, 0) is 31.0 Å². The van der Waals surface area contributed by atoms with Crippen LogP contribution in [-0.4, -0.2) is 18.6 Å². The van der Waals surface area contributed by atoms with Crippen molar-refractivity contribution in [3.63, 3.8) is 0 Å². The highest BCUT2D eigenvalue weighted by molar-refractivity contribution is 5.93. The molecular weight excluding hydrogens is 235 g/mol. The molecule has 1 fully saturated rings. The average Bonchev–Trinajstić information content (AvgIpc) is 2.81. The third-order valence-electron chi connectivity index (χ3n) is 3.20. The van der Waals surface area contributed by atoms with Crippen molar-refractivity contribution < 1.29 is 13.9 Å². The van der Waals surface area contributed by atoms with Crippen molar-refractivity contribution in [2.24, 2.45) is 5.92 Å². The lowest BCUT2D eigenvalue weighted by Crippen LogP contribution is -2.29. The van der Waals surface area contributed by atoms with E-state index in [0.29, 0.717) is 18.7 Å². The maximum Gasteiger partial charge on any atom is 0.230 e. The van der Waals surface area contributed by atoms with Crippen LogP contribution < -0.4 is 11.1 Å². The minimum atomic E-state index is -0.518. The van der Waals surface area contributed by atoms with E-state index in [4.69, 9.17) is 10.5 Å². The predicted molar refractivity (Wildman–Crippen MR) is 67.6 cm³/mol. The summed E-state index contributed by atoms with van der Waals surface area (Å²) in [5.41, 5.74) is 5.95. The van der Waals surface area contributed by atoms with Gasteiger partial charge in [-0.1, -0.05) is 6.92 Å². The second-order valence-corrected chi connectivity index (χ2v) is 4.44. The van der Waals surface area contributed by atoms with Gasteiger partial charge < -0.3 is 15.8 Å². The zero-order chi connectivity index (χ0) is 13.1. The number of rotatable bonds is 3. The Labute approximate surface area is 105 Å². The molecule has 1 amide bonds. The zero-order valence-electron chi connectivity index (χ0n) is 10.3. The summed E-state index contributed by atoms with van der Waals surface area (Å²) < 4.78 is 19.0. The molecule has 1 heterocycles. The van der Waals surface area contributed by atoms with Crippen LogP contribution in [-0.2, 0) is 9.53 Å². The largest absolute Gasteiger partial charge is 0.399 e. The number of carbonyl (C=O) groups excluding carboxylic acids is 1. The number of hydrogen-bond acceptors (Lipinski definition) is 3. The summed E-state index contributed by atoms with van der Waals surface area (Å²) in [5, 5.41) is 2.59. The molecule has 4 nitrogen and oxygen atoms in total. The molecule has 2 rings (SSSR count). The Bertz CT molecular complexity index is 451. The van der Waals surface area contributed by atoms with E-state index in [2.05, 4.69) is 5.32 Å². The number of hydrogen-bond donors (Lipinski definition) is 2. The van der Waals surface area contributed by atoms with E-state index in [1.807, 2.05) is 6.92 Å². The van der Waals surface area contributed by atoms with Gasteiger partial charge in [-0.25, -0.2) is 4.39 Å². The molecule has 0 radical (unpaired) electrons. The van der Waals surface area contributed by atoms with E-state index in [0.717, 1.165) is 6.42 Å². The number of nitrogen functional groups attached to an aromatic ring is 1. The van der Waals surface area contributed by atoms with E-state index in [1.54, 1.807) is 6.07 Å². The van der Waals surface area contributed by atoms with E-state index in [1.165, 1.54) is 12.1 Å². The minimum absolute atomic E-state index is 0.0677. The lowest BCUT2D eigenvalue weighted by molar-refractivity contribution is -0.121. The van der Waals surface area contributed by atoms with Gasteiger partial charge in [0.05, 0.1) is 17.7 Å². The highest BCUT2D eigenvalue weighted by Crippen LogP contribution is 2.25. The van der Waals surface area contributed by atoms with Crippen LogP contribution in [0.3, 0.4) is 0 Å². The van der Waals surface area contributed by atoms with Crippen LogP contribution in [0.25, 0.3) is 0 Å². The summed E-state index contributed by atoms with van der Waals surface area (Å²) in [6, 6.07) is 4.22. The van der Waals surface area contributed by atoms with E-state index in [-0.39, 0.29) is 23.6 Å². The SMILES string of the molecule is CCC1OCCC1C(=O)Nc1ccc(N)cc1F. The van der Waals surface area contributed by atoms with Crippen molar-refractivity contribution in [2.45, 2.75) is 25.9 Å². The number of nitrogens with one attached hydrogen (secondary N) is 1. The number of benzene rings is 1. The van der Waals surface area contributed by atoms with Gasteiger partial charge in [0.25, 0.3) is 0 Å². The standard InChI is InChI=1S/C13H17FN2O2/c1-2-12-9(5-6-18-12)13(17)16-11-4-3-8(15)7-10(11)14/h3-4,7,9,12H,2,5-6,15H2,1H3,(H,16,17). The maximum atomic E-state index is 13.6. The molecule has 0 bridgehead atoms. The molecular formula is C13H17FN2O2. The number of ether oxygens (including phenoxy) is 1. The maximum absolute atomic E-state index is 13.6. The Morgan fingerprint density at radius 1 is 1.61 bits per heavy atom. The normalized spacial score (nSPS) is 23.0. The summed E-state index contributed by atoms with van der Waals surface area (Å²) in [6.07, 6.45) is 1.39. The molecule has 1 saturated heterocycles.